The summed E-state index contributed by atoms with van der Waals surface area (Å²) in [5, 5.41) is 0. The average Bonchev–Trinajstić information content (AvgIpc) is 2.56. The van der Waals surface area contributed by atoms with Crippen molar-refractivity contribution in [2.75, 3.05) is 33.1 Å². The first-order valence-electron chi connectivity index (χ1n) is 8.26. The van der Waals surface area contributed by atoms with E-state index in [9.17, 15) is 0 Å². The molecule has 0 unspecified atom stereocenters. The number of rotatable bonds is 4. The van der Waals surface area contributed by atoms with Gasteiger partial charge in [0.15, 0.2) is 0 Å². The van der Waals surface area contributed by atoms with Gasteiger partial charge in [-0.25, -0.2) is 0 Å². The highest BCUT2D eigenvalue weighted by molar-refractivity contribution is 7.98. The Balaban J connectivity index is 1.62. The highest BCUT2D eigenvalue weighted by atomic mass is 32.2. The third-order valence-corrected chi connectivity index (χ3v) is 5.79. The van der Waals surface area contributed by atoms with Crippen LogP contribution in [0.3, 0.4) is 0 Å². The number of benzene rings is 1. The van der Waals surface area contributed by atoms with Crippen LogP contribution >= 0.6 is 11.8 Å². The highest BCUT2D eigenvalue weighted by Crippen LogP contribution is 2.36. The van der Waals surface area contributed by atoms with Gasteiger partial charge in [-0.3, -0.25) is 4.90 Å². The SMILES string of the molecule is CSc1cccc(CN(C)[C@H]2CCOC3(CCOCC3)C2)c1. The van der Waals surface area contributed by atoms with Crippen molar-refractivity contribution in [3.63, 3.8) is 0 Å². The molecular weight excluding hydrogens is 294 g/mol. The predicted octanol–water partition coefficient (Wildman–Crippen LogP) is 3.57. The Hall–Kier alpha value is -0.550. The highest BCUT2D eigenvalue weighted by Gasteiger charge is 2.40. The van der Waals surface area contributed by atoms with Crippen LogP contribution in [0, 0.1) is 0 Å². The summed E-state index contributed by atoms with van der Waals surface area (Å²) in [5.41, 5.74) is 1.48. The maximum atomic E-state index is 6.16. The van der Waals surface area contributed by atoms with E-state index in [4.69, 9.17) is 9.47 Å². The second-order valence-electron chi connectivity index (χ2n) is 6.56. The van der Waals surface area contributed by atoms with Crippen LogP contribution in [-0.2, 0) is 16.0 Å². The lowest BCUT2D eigenvalue weighted by Gasteiger charge is -2.45. The van der Waals surface area contributed by atoms with E-state index in [1.165, 1.54) is 10.5 Å². The molecule has 2 aliphatic heterocycles. The van der Waals surface area contributed by atoms with Crippen molar-refractivity contribution in [2.24, 2.45) is 0 Å². The minimum absolute atomic E-state index is 0.0799. The van der Waals surface area contributed by atoms with Crippen molar-refractivity contribution < 1.29 is 9.47 Å². The van der Waals surface area contributed by atoms with Crippen molar-refractivity contribution in [2.45, 2.75) is 48.8 Å². The number of thioether (sulfide) groups is 1. The fraction of sp³-hybridized carbons (Fsp3) is 0.667. The average molecular weight is 321 g/mol. The normalized spacial score (nSPS) is 24.8. The second-order valence-corrected chi connectivity index (χ2v) is 7.44. The zero-order valence-corrected chi connectivity index (χ0v) is 14.5. The molecule has 2 saturated heterocycles. The van der Waals surface area contributed by atoms with E-state index in [0.29, 0.717) is 6.04 Å². The fourth-order valence-corrected chi connectivity index (χ4v) is 4.14. The maximum Gasteiger partial charge on any atom is 0.0741 e. The summed E-state index contributed by atoms with van der Waals surface area (Å²) in [5.74, 6) is 0. The predicted molar refractivity (Wildman–Crippen MR) is 91.4 cm³/mol. The van der Waals surface area contributed by atoms with E-state index in [0.717, 1.165) is 52.0 Å². The fourth-order valence-electron chi connectivity index (χ4n) is 3.66. The number of nitrogens with zero attached hydrogens (tertiary/aromatic N) is 1. The molecule has 2 aliphatic rings. The Kier molecular flexibility index (Phi) is 5.45. The first-order chi connectivity index (χ1) is 10.7. The molecule has 3 nitrogen and oxygen atoms in total. The largest absolute Gasteiger partial charge is 0.381 e. The summed E-state index contributed by atoms with van der Waals surface area (Å²) in [6.45, 7) is 3.61. The lowest BCUT2D eigenvalue weighted by Crippen LogP contribution is -2.50. The second kappa shape index (κ2) is 7.35. The third-order valence-electron chi connectivity index (χ3n) is 5.06. The Bertz CT molecular complexity index is 482. The number of hydrogen-bond acceptors (Lipinski definition) is 4. The number of ether oxygens (including phenoxy) is 2. The molecule has 0 saturated carbocycles. The van der Waals surface area contributed by atoms with Crippen molar-refractivity contribution in [1.29, 1.82) is 0 Å². The van der Waals surface area contributed by atoms with Crippen LogP contribution < -0.4 is 0 Å². The Morgan fingerprint density at radius 1 is 1.27 bits per heavy atom. The Morgan fingerprint density at radius 3 is 2.86 bits per heavy atom. The van der Waals surface area contributed by atoms with Crippen LogP contribution in [-0.4, -0.2) is 49.7 Å². The monoisotopic (exact) mass is 321 g/mol. The van der Waals surface area contributed by atoms with Crippen LogP contribution in [0.2, 0.25) is 0 Å². The smallest absolute Gasteiger partial charge is 0.0741 e. The molecule has 0 aromatic heterocycles. The molecule has 1 atom stereocenters. The van der Waals surface area contributed by atoms with Gasteiger partial charge in [0.25, 0.3) is 0 Å². The molecule has 3 rings (SSSR count). The van der Waals surface area contributed by atoms with Crippen LogP contribution in [0.25, 0.3) is 0 Å². The van der Waals surface area contributed by atoms with Gasteiger partial charge in [-0.05, 0) is 56.7 Å². The molecule has 22 heavy (non-hydrogen) atoms. The summed E-state index contributed by atoms with van der Waals surface area (Å²) in [6.07, 6.45) is 6.53. The van der Waals surface area contributed by atoms with Crippen LogP contribution in [0.15, 0.2) is 29.2 Å². The minimum Gasteiger partial charge on any atom is -0.381 e. The molecule has 1 aromatic carbocycles. The van der Waals surface area contributed by atoms with Crippen LogP contribution in [0.1, 0.15) is 31.2 Å². The molecule has 0 radical (unpaired) electrons. The third kappa shape index (κ3) is 3.85. The summed E-state index contributed by atoms with van der Waals surface area (Å²) in [6, 6.07) is 9.51. The zero-order chi connectivity index (χ0) is 15.4. The first kappa shape index (κ1) is 16.3. The van der Waals surface area contributed by atoms with Gasteiger partial charge in [0.05, 0.1) is 5.60 Å². The molecule has 4 heteroatoms. The van der Waals surface area contributed by atoms with E-state index < -0.39 is 0 Å². The lowest BCUT2D eigenvalue weighted by molar-refractivity contribution is -0.150. The first-order valence-corrected chi connectivity index (χ1v) is 9.48. The molecule has 1 aromatic rings. The summed E-state index contributed by atoms with van der Waals surface area (Å²) in [7, 11) is 2.26. The van der Waals surface area contributed by atoms with E-state index in [1.54, 1.807) is 0 Å². The standard InChI is InChI=1S/C18H27NO2S/c1-19(14-15-4-3-5-17(12-15)22-2)16-6-9-21-18(13-16)7-10-20-11-8-18/h3-5,12,16H,6-11,13-14H2,1-2H3/t16-/m0/s1. The van der Waals surface area contributed by atoms with E-state index >= 15 is 0 Å². The van der Waals surface area contributed by atoms with Gasteiger partial charge in [-0.1, -0.05) is 12.1 Å². The molecule has 122 valence electrons. The van der Waals surface area contributed by atoms with Crippen LogP contribution in [0.5, 0.6) is 0 Å². The summed E-state index contributed by atoms with van der Waals surface area (Å²) in [4.78, 5) is 3.86. The zero-order valence-electron chi connectivity index (χ0n) is 13.7. The molecule has 0 bridgehead atoms. The van der Waals surface area contributed by atoms with Crippen molar-refractivity contribution in [3.05, 3.63) is 29.8 Å². The molecule has 1 spiro atoms. The molecule has 0 aliphatic carbocycles. The van der Waals surface area contributed by atoms with Crippen molar-refractivity contribution in [1.82, 2.24) is 4.90 Å². The van der Waals surface area contributed by atoms with Gasteiger partial charge in [0.1, 0.15) is 0 Å². The van der Waals surface area contributed by atoms with Gasteiger partial charge in [0, 0.05) is 37.3 Å². The Labute approximate surface area is 138 Å². The molecular formula is C18H27NO2S. The minimum atomic E-state index is 0.0799. The quantitative estimate of drug-likeness (QED) is 0.790. The van der Waals surface area contributed by atoms with Gasteiger partial charge >= 0.3 is 0 Å². The summed E-state index contributed by atoms with van der Waals surface area (Å²) >= 11 is 1.81. The van der Waals surface area contributed by atoms with Gasteiger partial charge in [-0.15, -0.1) is 11.8 Å². The van der Waals surface area contributed by atoms with E-state index in [-0.39, 0.29) is 5.60 Å². The van der Waals surface area contributed by atoms with Crippen LogP contribution in [0.4, 0.5) is 0 Å². The topological polar surface area (TPSA) is 21.7 Å². The van der Waals surface area contributed by atoms with E-state index in [2.05, 4.69) is 42.5 Å². The molecule has 0 N–H and O–H groups in total. The summed E-state index contributed by atoms with van der Waals surface area (Å²) < 4.78 is 11.7. The molecule has 2 fully saturated rings. The molecule has 2 heterocycles. The van der Waals surface area contributed by atoms with Gasteiger partial charge in [-0.2, -0.15) is 0 Å². The van der Waals surface area contributed by atoms with Crippen molar-refractivity contribution >= 4 is 11.8 Å². The number of hydrogen-bond donors (Lipinski definition) is 0. The van der Waals surface area contributed by atoms with Gasteiger partial charge in [0.2, 0.25) is 0 Å². The van der Waals surface area contributed by atoms with Crippen molar-refractivity contribution in [3.8, 4) is 0 Å². The Morgan fingerprint density at radius 2 is 2.09 bits per heavy atom. The van der Waals surface area contributed by atoms with E-state index in [1.807, 2.05) is 11.8 Å². The maximum absolute atomic E-state index is 6.16. The lowest BCUT2D eigenvalue weighted by atomic mass is 9.83. The molecule has 0 amide bonds. The van der Waals surface area contributed by atoms with Gasteiger partial charge < -0.3 is 9.47 Å².